The molecule has 1 aromatic heterocycles. The third kappa shape index (κ3) is 4.22. The van der Waals surface area contributed by atoms with Crippen molar-refractivity contribution in [2.24, 2.45) is 0 Å². The molecular weight excluding hydrogens is 277 g/mol. The van der Waals surface area contributed by atoms with Crippen LogP contribution in [-0.2, 0) is 11.3 Å². The number of anilines is 1. The minimum absolute atomic E-state index is 0.146. The molecule has 0 saturated heterocycles. The van der Waals surface area contributed by atoms with E-state index in [1.165, 1.54) is 11.3 Å². The predicted octanol–water partition coefficient (Wildman–Crippen LogP) is 3.47. The molecule has 2 N–H and O–H groups in total. The van der Waals surface area contributed by atoms with Crippen molar-refractivity contribution in [3.05, 3.63) is 34.7 Å². The zero-order chi connectivity index (χ0) is 13.9. The second-order valence-corrected chi connectivity index (χ2v) is 4.80. The van der Waals surface area contributed by atoms with E-state index in [0.717, 1.165) is 5.56 Å². The summed E-state index contributed by atoms with van der Waals surface area (Å²) in [5.41, 5.74) is 7.78. The minimum Gasteiger partial charge on any atom is -0.399 e. The van der Waals surface area contributed by atoms with Gasteiger partial charge in [-0.15, -0.1) is 11.3 Å². The molecule has 0 unspecified atom stereocenters. The number of hydrogen-bond acceptors (Lipinski definition) is 4. The number of benzene rings is 1. The van der Waals surface area contributed by atoms with Gasteiger partial charge < -0.3 is 10.5 Å². The van der Waals surface area contributed by atoms with Crippen LogP contribution in [0.3, 0.4) is 0 Å². The molecule has 7 heteroatoms. The van der Waals surface area contributed by atoms with E-state index < -0.39 is 12.8 Å². The monoisotopic (exact) mass is 288 g/mol. The molecule has 0 fully saturated rings. The van der Waals surface area contributed by atoms with E-state index in [1.54, 1.807) is 23.6 Å². The van der Waals surface area contributed by atoms with E-state index in [0.29, 0.717) is 16.4 Å². The fraction of sp³-hybridized carbons (Fsp3) is 0.250. The van der Waals surface area contributed by atoms with E-state index in [-0.39, 0.29) is 6.61 Å². The Morgan fingerprint density at radius 3 is 2.79 bits per heavy atom. The van der Waals surface area contributed by atoms with Crippen LogP contribution in [0.25, 0.3) is 11.3 Å². The number of rotatable bonds is 4. The standard InChI is InChI=1S/C12H11F3N2OS/c13-12(14,15)7-18-5-11-17-10(6-19-11)8-2-1-3-9(16)4-8/h1-4,6H,5,7,16H2. The molecule has 0 amide bonds. The number of ether oxygens (including phenoxy) is 1. The van der Waals surface area contributed by atoms with Gasteiger partial charge in [0.05, 0.1) is 12.3 Å². The number of aromatic nitrogens is 1. The van der Waals surface area contributed by atoms with Crippen molar-refractivity contribution in [3.8, 4) is 11.3 Å². The van der Waals surface area contributed by atoms with Crippen molar-refractivity contribution >= 4 is 17.0 Å². The highest BCUT2D eigenvalue weighted by atomic mass is 32.1. The zero-order valence-electron chi connectivity index (χ0n) is 9.78. The Balaban J connectivity index is 1.99. The molecule has 0 spiro atoms. The largest absolute Gasteiger partial charge is 0.411 e. The van der Waals surface area contributed by atoms with E-state index in [1.807, 2.05) is 6.07 Å². The molecule has 0 saturated carbocycles. The average molecular weight is 288 g/mol. The molecule has 2 aromatic rings. The third-order valence-electron chi connectivity index (χ3n) is 2.23. The first-order valence-electron chi connectivity index (χ1n) is 5.39. The number of halogens is 3. The molecule has 19 heavy (non-hydrogen) atoms. The van der Waals surface area contributed by atoms with E-state index in [4.69, 9.17) is 5.73 Å². The van der Waals surface area contributed by atoms with Crippen molar-refractivity contribution in [3.63, 3.8) is 0 Å². The topological polar surface area (TPSA) is 48.1 Å². The molecule has 2 rings (SSSR count). The summed E-state index contributed by atoms with van der Waals surface area (Å²) in [6.07, 6.45) is -4.31. The minimum atomic E-state index is -4.31. The van der Waals surface area contributed by atoms with E-state index in [9.17, 15) is 13.2 Å². The first kappa shape index (κ1) is 13.8. The van der Waals surface area contributed by atoms with Crippen LogP contribution < -0.4 is 5.73 Å². The summed E-state index contributed by atoms with van der Waals surface area (Å²) >= 11 is 1.26. The van der Waals surface area contributed by atoms with Crippen molar-refractivity contribution in [2.45, 2.75) is 12.8 Å². The maximum Gasteiger partial charge on any atom is 0.411 e. The summed E-state index contributed by atoms with van der Waals surface area (Å²) in [5, 5.41) is 2.27. The number of thiazole rings is 1. The van der Waals surface area contributed by atoms with Crippen molar-refractivity contribution in [1.82, 2.24) is 4.98 Å². The van der Waals surface area contributed by atoms with Gasteiger partial charge >= 0.3 is 6.18 Å². The summed E-state index contributed by atoms with van der Waals surface area (Å²) in [6, 6.07) is 7.15. The lowest BCUT2D eigenvalue weighted by atomic mass is 10.1. The van der Waals surface area contributed by atoms with Gasteiger partial charge in [-0.3, -0.25) is 0 Å². The fourth-order valence-corrected chi connectivity index (χ4v) is 2.20. The van der Waals surface area contributed by atoms with Gasteiger partial charge in [0.2, 0.25) is 0 Å². The first-order chi connectivity index (χ1) is 8.94. The summed E-state index contributed by atoms with van der Waals surface area (Å²) in [6.45, 7) is -1.41. The summed E-state index contributed by atoms with van der Waals surface area (Å²) in [7, 11) is 0. The van der Waals surface area contributed by atoms with Crippen LogP contribution in [0.2, 0.25) is 0 Å². The van der Waals surface area contributed by atoms with Crippen molar-refractivity contribution < 1.29 is 17.9 Å². The fourth-order valence-electron chi connectivity index (χ4n) is 1.46. The maximum atomic E-state index is 11.9. The van der Waals surface area contributed by atoms with Crippen LogP contribution in [0.1, 0.15) is 5.01 Å². The van der Waals surface area contributed by atoms with Gasteiger partial charge in [0.15, 0.2) is 0 Å². The molecule has 0 atom stereocenters. The van der Waals surface area contributed by atoms with E-state index in [2.05, 4.69) is 9.72 Å². The zero-order valence-corrected chi connectivity index (χ0v) is 10.6. The van der Waals surface area contributed by atoms with Crippen molar-refractivity contribution in [2.75, 3.05) is 12.3 Å². The summed E-state index contributed by atoms with van der Waals surface area (Å²) in [4.78, 5) is 4.21. The van der Waals surface area contributed by atoms with Crippen LogP contribution in [0.5, 0.6) is 0 Å². The van der Waals surface area contributed by atoms with Gasteiger partial charge in [-0.2, -0.15) is 13.2 Å². The van der Waals surface area contributed by atoms with Gasteiger partial charge in [-0.25, -0.2) is 4.98 Å². The smallest absolute Gasteiger partial charge is 0.399 e. The molecule has 3 nitrogen and oxygen atoms in total. The molecule has 0 radical (unpaired) electrons. The number of nitrogen functional groups attached to an aromatic ring is 1. The maximum absolute atomic E-state index is 11.9. The SMILES string of the molecule is Nc1cccc(-c2csc(COCC(F)(F)F)n2)c1. The van der Waals surface area contributed by atoms with Gasteiger partial charge in [-0.05, 0) is 12.1 Å². The first-order valence-corrected chi connectivity index (χ1v) is 6.27. The number of hydrogen-bond donors (Lipinski definition) is 1. The van der Waals surface area contributed by atoms with Gasteiger partial charge in [0, 0.05) is 16.6 Å². The summed E-state index contributed by atoms with van der Waals surface area (Å²) in [5.74, 6) is 0. The van der Waals surface area contributed by atoms with Crippen molar-refractivity contribution in [1.29, 1.82) is 0 Å². The van der Waals surface area contributed by atoms with Crippen LogP contribution in [0.4, 0.5) is 18.9 Å². The second kappa shape index (κ2) is 5.58. The molecule has 0 bridgehead atoms. The summed E-state index contributed by atoms with van der Waals surface area (Å²) < 4.78 is 40.3. The Labute approximate surface area is 111 Å². The van der Waals surface area contributed by atoms with Crippen LogP contribution in [0.15, 0.2) is 29.6 Å². The Bertz CT molecular complexity index is 554. The Hall–Kier alpha value is -1.60. The Kier molecular flexibility index (Phi) is 4.06. The van der Waals surface area contributed by atoms with Gasteiger partial charge in [0.25, 0.3) is 0 Å². The van der Waals surface area contributed by atoms with Gasteiger partial charge in [-0.1, -0.05) is 12.1 Å². The lowest BCUT2D eigenvalue weighted by Gasteiger charge is -2.05. The molecule has 1 heterocycles. The van der Waals surface area contributed by atoms with E-state index >= 15 is 0 Å². The molecule has 0 aliphatic heterocycles. The van der Waals surface area contributed by atoms with Crippen LogP contribution in [0, 0.1) is 0 Å². The molecule has 0 aliphatic carbocycles. The highest BCUT2D eigenvalue weighted by molar-refractivity contribution is 7.09. The molecule has 102 valence electrons. The molecule has 1 aromatic carbocycles. The average Bonchev–Trinajstić information content (AvgIpc) is 2.76. The van der Waals surface area contributed by atoms with Gasteiger partial charge in [0.1, 0.15) is 11.6 Å². The number of nitrogens with zero attached hydrogens (tertiary/aromatic N) is 1. The third-order valence-corrected chi connectivity index (χ3v) is 3.05. The lowest BCUT2D eigenvalue weighted by molar-refractivity contribution is -0.176. The van der Waals surface area contributed by atoms with Crippen LogP contribution >= 0.6 is 11.3 Å². The molecular formula is C12H11F3N2OS. The number of nitrogens with two attached hydrogens (primary N) is 1. The normalized spacial score (nSPS) is 11.7. The highest BCUT2D eigenvalue weighted by Crippen LogP contribution is 2.24. The Morgan fingerprint density at radius 2 is 2.11 bits per heavy atom. The second-order valence-electron chi connectivity index (χ2n) is 3.86. The lowest BCUT2D eigenvalue weighted by Crippen LogP contribution is -2.16. The molecule has 0 aliphatic rings. The quantitative estimate of drug-likeness (QED) is 0.876. The predicted molar refractivity (Wildman–Crippen MR) is 67.7 cm³/mol. The Morgan fingerprint density at radius 1 is 1.32 bits per heavy atom. The highest BCUT2D eigenvalue weighted by Gasteiger charge is 2.27. The number of alkyl halides is 3. The van der Waals surface area contributed by atoms with Crippen LogP contribution in [-0.4, -0.2) is 17.8 Å².